The molecule has 5 nitrogen and oxygen atoms in total. The highest BCUT2D eigenvalue weighted by Crippen LogP contribution is 2.24. The van der Waals surface area contributed by atoms with Crippen molar-refractivity contribution in [2.75, 3.05) is 11.9 Å². The van der Waals surface area contributed by atoms with E-state index >= 15 is 0 Å². The minimum Gasteiger partial charge on any atom is -0.384 e. The van der Waals surface area contributed by atoms with Crippen LogP contribution in [0.25, 0.3) is 0 Å². The zero-order chi connectivity index (χ0) is 12.4. The lowest BCUT2D eigenvalue weighted by molar-refractivity contribution is 1.11. The van der Waals surface area contributed by atoms with Gasteiger partial charge in [0.15, 0.2) is 0 Å². The molecule has 0 amide bonds. The molecule has 88 valence electrons. The quantitative estimate of drug-likeness (QED) is 0.641. The molecule has 0 radical (unpaired) electrons. The molecule has 0 aliphatic heterocycles. The monoisotopic (exact) mass is 247 g/mol. The van der Waals surface area contributed by atoms with Crippen LogP contribution in [0.15, 0.2) is 24.3 Å². The molecule has 6 heteroatoms. The maximum atomic E-state index is 7.32. The smallest absolute Gasteiger partial charge is 0.209 e. The summed E-state index contributed by atoms with van der Waals surface area (Å²) in [6.45, 7) is 1.87. The Labute approximate surface area is 104 Å². The molecule has 0 saturated heterocycles. The summed E-state index contributed by atoms with van der Waals surface area (Å²) in [5.74, 6) is 0.850. The average molecular weight is 247 g/mol. The Kier molecular flexibility index (Phi) is 3.06. The Balaban J connectivity index is 2.25. The van der Waals surface area contributed by atoms with E-state index in [1.54, 1.807) is 0 Å². The van der Waals surface area contributed by atoms with Gasteiger partial charge in [0.25, 0.3) is 0 Å². The van der Waals surface area contributed by atoms with Crippen molar-refractivity contribution < 1.29 is 0 Å². The van der Waals surface area contributed by atoms with Crippen molar-refractivity contribution in [3.8, 4) is 0 Å². The van der Waals surface area contributed by atoms with Gasteiger partial charge in [-0.05, 0) is 31.2 Å². The van der Waals surface area contributed by atoms with Crippen LogP contribution in [0.3, 0.4) is 0 Å². The topological polar surface area (TPSA) is 78.9 Å². The molecule has 1 heterocycles. The second kappa shape index (κ2) is 4.50. The molecule has 0 aliphatic rings. The maximum Gasteiger partial charge on any atom is 0.209 e. The molecule has 1 aromatic carbocycles. The summed E-state index contributed by atoms with van der Waals surface area (Å²) in [7, 11) is 1.93. The number of anilines is 2. The molecule has 0 saturated carbocycles. The number of hydrogen-bond donors (Lipinski definition) is 2. The van der Waals surface area contributed by atoms with Gasteiger partial charge in [-0.2, -0.15) is 4.37 Å². The first-order valence-corrected chi connectivity index (χ1v) is 5.84. The molecule has 0 spiro atoms. The van der Waals surface area contributed by atoms with Crippen LogP contribution in [-0.4, -0.2) is 22.2 Å². The van der Waals surface area contributed by atoms with Crippen LogP contribution in [0.2, 0.25) is 0 Å². The Bertz CT molecular complexity index is 531. The third kappa shape index (κ3) is 2.42. The lowest BCUT2D eigenvalue weighted by atomic mass is 10.2. The Morgan fingerprint density at radius 3 is 2.47 bits per heavy atom. The summed E-state index contributed by atoms with van der Waals surface area (Å²) in [5, 5.41) is 8.17. The van der Waals surface area contributed by atoms with Crippen molar-refractivity contribution in [2.24, 2.45) is 5.73 Å². The van der Waals surface area contributed by atoms with Gasteiger partial charge in [0, 0.05) is 29.8 Å². The molecule has 0 fully saturated rings. The van der Waals surface area contributed by atoms with Crippen LogP contribution < -0.4 is 10.6 Å². The predicted molar refractivity (Wildman–Crippen MR) is 70.2 cm³/mol. The first-order chi connectivity index (χ1) is 8.08. The van der Waals surface area contributed by atoms with Crippen LogP contribution in [0.1, 0.15) is 11.4 Å². The molecular formula is C11H13N5S. The highest BCUT2D eigenvalue weighted by atomic mass is 32.1. The van der Waals surface area contributed by atoms with E-state index in [9.17, 15) is 0 Å². The van der Waals surface area contributed by atoms with Crippen molar-refractivity contribution >= 4 is 28.2 Å². The molecular weight excluding hydrogens is 234 g/mol. The van der Waals surface area contributed by atoms with Crippen molar-refractivity contribution in [3.63, 3.8) is 0 Å². The predicted octanol–water partition coefficient (Wildman–Crippen LogP) is 1.90. The summed E-state index contributed by atoms with van der Waals surface area (Å²) in [6, 6.07) is 7.46. The van der Waals surface area contributed by atoms with Gasteiger partial charge >= 0.3 is 0 Å². The van der Waals surface area contributed by atoms with E-state index in [1.807, 2.05) is 43.1 Å². The Hall–Kier alpha value is -1.95. The molecule has 1 aromatic heterocycles. The third-order valence-corrected chi connectivity index (χ3v) is 3.25. The van der Waals surface area contributed by atoms with Gasteiger partial charge < -0.3 is 10.6 Å². The summed E-state index contributed by atoms with van der Waals surface area (Å²) < 4.78 is 4.14. The van der Waals surface area contributed by atoms with Gasteiger partial charge in [-0.25, -0.2) is 4.98 Å². The Morgan fingerprint density at radius 1 is 1.35 bits per heavy atom. The number of benzene rings is 1. The van der Waals surface area contributed by atoms with Gasteiger partial charge in [-0.3, -0.25) is 5.41 Å². The second-order valence-corrected chi connectivity index (χ2v) is 4.37. The van der Waals surface area contributed by atoms with E-state index in [1.165, 1.54) is 11.5 Å². The molecule has 0 aliphatic carbocycles. The standard InChI is InChI=1S/C11H13N5S/c1-7-14-11(17-15-7)16(2)9-5-3-8(4-6-9)10(12)13/h3-6H,1-2H3,(H3,12,13). The maximum absolute atomic E-state index is 7.32. The van der Waals surface area contributed by atoms with Crippen molar-refractivity contribution in [1.29, 1.82) is 5.41 Å². The molecule has 2 aromatic rings. The highest BCUT2D eigenvalue weighted by molar-refractivity contribution is 7.09. The number of nitrogen functional groups attached to an aromatic ring is 1. The van der Waals surface area contributed by atoms with E-state index in [2.05, 4.69) is 9.36 Å². The lowest BCUT2D eigenvalue weighted by Gasteiger charge is -2.15. The Morgan fingerprint density at radius 2 is 2.00 bits per heavy atom. The van der Waals surface area contributed by atoms with Crippen LogP contribution in [0.4, 0.5) is 10.8 Å². The number of nitrogens with one attached hydrogen (secondary N) is 1. The number of nitrogens with zero attached hydrogens (tertiary/aromatic N) is 3. The highest BCUT2D eigenvalue weighted by Gasteiger charge is 2.08. The van der Waals surface area contributed by atoms with E-state index in [-0.39, 0.29) is 5.84 Å². The molecule has 0 atom stereocenters. The summed E-state index contributed by atoms with van der Waals surface area (Å²) in [6.07, 6.45) is 0. The molecule has 17 heavy (non-hydrogen) atoms. The molecule has 0 unspecified atom stereocenters. The van der Waals surface area contributed by atoms with E-state index in [0.29, 0.717) is 0 Å². The number of amidine groups is 1. The largest absolute Gasteiger partial charge is 0.384 e. The molecule has 2 rings (SSSR count). The lowest BCUT2D eigenvalue weighted by Crippen LogP contribution is -2.12. The SMILES string of the molecule is Cc1nsc(N(C)c2ccc(C(=N)N)cc2)n1. The first kappa shape index (κ1) is 11.5. The van der Waals surface area contributed by atoms with Crippen molar-refractivity contribution in [3.05, 3.63) is 35.7 Å². The van der Waals surface area contributed by atoms with Crippen LogP contribution >= 0.6 is 11.5 Å². The number of aromatic nitrogens is 2. The van der Waals surface area contributed by atoms with Crippen molar-refractivity contribution in [2.45, 2.75) is 6.92 Å². The van der Waals surface area contributed by atoms with Crippen LogP contribution in [-0.2, 0) is 0 Å². The van der Waals surface area contributed by atoms with Gasteiger partial charge in [0.05, 0.1) is 0 Å². The van der Waals surface area contributed by atoms with E-state index in [4.69, 9.17) is 11.1 Å². The minimum absolute atomic E-state index is 0.0750. The van der Waals surface area contributed by atoms with E-state index in [0.717, 1.165) is 22.2 Å². The average Bonchev–Trinajstić information content (AvgIpc) is 2.75. The number of aryl methyl sites for hydroxylation is 1. The summed E-state index contributed by atoms with van der Waals surface area (Å²) in [4.78, 5) is 6.26. The van der Waals surface area contributed by atoms with Gasteiger partial charge in [-0.1, -0.05) is 0 Å². The minimum atomic E-state index is 0.0750. The van der Waals surface area contributed by atoms with Gasteiger partial charge in [0.1, 0.15) is 11.7 Å². The van der Waals surface area contributed by atoms with Gasteiger partial charge in [0.2, 0.25) is 5.13 Å². The zero-order valence-corrected chi connectivity index (χ0v) is 10.5. The third-order valence-electron chi connectivity index (χ3n) is 2.37. The van der Waals surface area contributed by atoms with E-state index < -0.39 is 0 Å². The fourth-order valence-electron chi connectivity index (χ4n) is 1.40. The summed E-state index contributed by atoms with van der Waals surface area (Å²) >= 11 is 1.36. The fraction of sp³-hybridized carbons (Fsp3) is 0.182. The zero-order valence-electron chi connectivity index (χ0n) is 9.64. The number of rotatable bonds is 3. The number of nitrogens with two attached hydrogens (primary N) is 1. The normalized spacial score (nSPS) is 10.2. The number of hydrogen-bond acceptors (Lipinski definition) is 5. The molecule has 3 N–H and O–H groups in total. The second-order valence-electron chi connectivity index (χ2n) is 3.64. The first-order valence-electron chi connectivity index (χ1n) is 5.06. The van der Waals surface area contributed by atoms with Crippen molar-refractivity contribution in [1.82, 2.24) is 9.36 Å². The summed E-state index contributed by atoms with van der Waals surface area (Å²) in [5.41, 5.74) is 7.11. The van der Waals surface area contributed by atoms with Crippen LogP contribution in [0.5, 0.6) is 0 Å². The fourth-order valence-corrected chi connectivity index (χ4v) is 2.05. The van der Waals surface area contributed by atoms with Gasteiger partial charge in [-0.15, -0.1) is 0 Å². The molecule has 0 bridgehead atoms. The van der Waals surface area contributed by atoms with Crippen LogP contribution in [0, 0.1) is 12.3 Å².